The number of aliphatic hydroxyl groups excluding tert-OH is 1. The average molecular weight is 193 g/mol. The second-order valence-corrected chi connectivity index (χ2v) is 3.86. The molecule has 0 bridgehead atoms. The van der Waals surface area contributed by atoms with Crippen molar-refractivity contribution >= 4 is 21.4 Å². The van der Waals surface area contributed by atoms with Gasteiger partial charge in [0.05, 0.1) is 6.61 Å². The molecule has 0 saturated heterocycles. The van der Waals surface area contributed by atoms with E-state index in [9.17, 15) is 0 Å². The fraction of sp³-hybridized carbons (Fsp3) is 0.200. The van der Waals surface area contributed by atoms with Crippen molar-refractivity contribution in [3.05, 3.63) is 34.7 Å². The Hall–Kier alpha value is -0.900. The number of benzene rings is 1. The van der Waals surface area contributed by atoms with Gasteiger partial charge in [0.1, 0.15) is 0 Å². The first-order valence-electron chi connectivity index (χ1n) is 4.15. The van der Waals surface area contributed by atoms with E-state index in [-0.39, 0.29) is 6.61 Å². The molecule has 0 amide bonds. The fourth-order valence-corrected chi connectivity index (χ4v) is 2.39. The van der Waals surface area contributed by atoms with E-state index in [4.69, 9.17) is 10.8 Å². The van der Waals surface area contributed by atoms with Crippen LogP contribution in [0.4, 0.5) is 0 Å². The molecule has 0 unspecified atom stereocenters. The van der Waals surface area contributed by atoms with Crippen LogP contribution in [0.5, 0.6) is 0 Å². The summed E-state index contributed by atoms with van der Waals surface area (Å²) < 4.78 is 1.20. The van der Waals surface area contributed by atoms with Crippen molar-refractivity contribution in [1.29, 1.82) is 0 Å². The molecule has 2 rings (SSSR count). The number of hydrogen-bond donors (Lipinski definition) is 2. The summed E-state index contributed by atoms with van der Waals surface area (Å²) >= 11 is 1.65. The molecule has 3 heteroatoms. The first-order chi connectivity index (χ1) is 6.35. The Bertz CT molecular complexity index is 422. The second kappa shape index (κ2) is 3.46. The summed E-state index contributed by atoms with van der Waals surface area (Å²) in [6.45, 7) is 0.685. The zero-order valence-electron chi connectivity index (χ0n) is 7.16. The molecule has 68 valence electrons. The Balaban J connectivity index is 2.61. The Labute approximate surface area is 80.6 Å². The summed E-state index contributed by atoms with van der Waals surface area (Å²) in [4.78, 5) is 0. The summed E-state index contributed by atoms with van der Waals surface area (Å²) in [5.74, 6) is 0. The highest BCUT2D eigenvalue weighted by Gasteiger charge is 2.02. The van der Waals surface area contributed by atoms with Gasteiger partial charge in [-0.1, -0.05) is 12.1 Å². The molecule has 2 aromatic rings. The Morgan fingerprint density at radius 1 is 1.38 bits per heavy atom. The lowest BCUT2D eigenvalue weighted by Crippen LogP contribution is -1.94. The lowest BCUT2D eigenvalue weighted by atomic mass is 10.1. The molecular weight excluding hydrogens is 182 g/mol. The minimum absolute atomic E-state index is 0.113. The normalized spacial score (nSPS) is 10.9. The van der Waals surface area contributed by atoms with E-state index in [0.29, 0.717) is 6.54 Å². The van der Waals surface area contributed by atoms with Gasteiger partial charge in [-0.3, -0.25) is 0 Å². The maximum atomic E-state index is 9.03. The SMILES string of the molecule is NCc1ccc2c(CO)csc2c1. The van der Waals surface area contributed by atoms with E-state index in [1.54, 1.807) is 11.3 Å². The molecule has 0 aliphatic rings. The molecule has 13 heavy (non-hydrogen) atoms. The quantitative estimate of drug-likeness (QED) is 0.764. The molecule has 0 spiro atoms. The standard InChI is InChI=1S/C10H11NOS/c11-4-7-1-2-9-8(5-12)6-13-10(9)3-7/h1-3,6,12H,4-5,11H2. The minimum Gasteiger partial charge on any atom is -0.392 e. The fourth-order valence-electron chi connectivity index (χ4n) is 1.38. The molecule has 0 radical (unpaired) electrons. The largest absolute Gasteiger partial charge is 0.392 e. The first kappa shape index (κ1) is 8.69. The predicted octanol–water partition coefficient (Wildman–Crippen LogP) is 1.85. The molecule has 0 aliphatic carbocycles. The summed E-state index contributed by atoms with van der Waals surface area (Å²) in [5.41, 5.74) is 7.68. The number of rotatable bonds is 2. The van der Waals surface area contributed by atoms with Gasteiger partial charge in [-0.15, -0.1) is 11.3 Å². The lowest BCUT2D eigenvalue weighted by molar-refractivity contribution is 0.284. The van der Waals surface area contributed by atoms with E-state index in [1.807, 2.05) is 17.5 Å². The monoisotopic (exact) mass is 193 g/mol. The number of hydrogen-bond acceptors (Lipinski definition) is 3. The molecule has 1 aromatic heterocycles. The third kappa shape index (κ3) is 1.46. The van der Waals surface area contributed by atoms with Gasteiger partial charge in [0.2, 0.25) is 0 Å². The van der Waals surface area contributed by atoms with Gasteiger partial charge < -0.3 is 10.8 Å². The smallest absolute Gasteiger partial charge is 0.0696 e. The molecule has 2 nitrogen and oxygen atoms in total. The third-order valence-corrected chi connectivity index (χ3v) is 3.12. The lowest BCUT2D eigenvalue weighted by Gasteiger charge is -1.97. The molecule has 0 aliphatic heterocycles. The summed E-state index contributed by atoms with van der Waals surface area (Å²) in [6.07, 6.45) is 0. The average Bonchev–Trinajstić information content (AvgIpc) is 2.59. The molecule has 0 saturated carbocycles. The van der Waals surface area contributed by atoms with Crippen LogP contribution in [-0.2, 0) is 13.2 Å². The van der Waals surface area contributed by atoms with E-state index in [1.165, 1.54) is 4.70 Å². The van der Waals surface area contributed by atoms with Crippen LogP contribution in [-0.4, -0.2) is 5.11 Å². The van der Waals surface area contributed by atoms with Crippen molar-refractivity contribution in [2.24, 2.45) is 5.73 Å². The van der Waals surface area contributed by atoms with Crippen molar-refractivity contribution in [3.63, 3.8) is 0 Å². The summed E-state index contributed by atoms with van der Waals surface area (Å²) in [7, 11) is 0. The van der Waals surface area contributed by atoms with Crippen LogP contribution >= 0.6 is 11.3 Å². The topological polar surface area (TPSA) is 46.2 Å². The number of aliphatic hydroxyl groups is 1. The van der Waals surface area contributed by atoms with Crippen LogP contribution in [0.25, 0.3) is 10.1 Å². The maximum absolute atomic E-state index is 9.03. The van der Waals surface area contributed by atoms with Gasteiger partial charge >= 0.3 is 0 Å². The number of fused-ring (bicyclic) bond motifs is 1. The van der Waals surface area contributed by atoms with Gasteiger partial charge in [0, 0.05) is 11.2 Å². The van der Waals surface area contributed by atoms with Crippen molar-refractivity contribution in [2.45, 2.75) is 13.2 Å². The van der Waals surface area contributed by atoms with Crippen LogP contribution < -0.4 is 5.73 Å². The van der Waals surface area contributed by atoms with Crippen molar-refractivity contribution in [3.8, 4) is 0 Å². The summed E-state index contributed by atoms with van der Waals surface area (Å²) in [5, 5.41) is 12.2. The van der Waals surface area contributed by atoms with Crippen LogP contribution in [0.1, 0.15) is 11.1 Å². The van der Waals surface area contributed by atoms with E-state index < -0.39 is 0 Å². The van der Waals surface area contributed by atoms with Crippen LogP contribution in [0, 0.1) is 0 Å². The Morgan fingerprint density at radius 3 is 2.92 bits per heavy atom. The molecule has 1 heterocycles. The van der Waals surface area contributed by atoms with E-state index >= 15 is 0 Å². The highest BCUT2D eigenvalue weighted by molar-refractivity contribution is 7.17. The number of nitrogens with two attached hydrogens (primary N) is 1. The second-order valence-electron chi connectivity index (χ2n) is 2.95. The van der Waals surface area contributed by atoms with Gasteiger partial charge in [-0.05, 0) is 28.0 Å². The highest BCUT2D eigenvalue weighted by Crippen LogP contribution is 2.26. The molecule has 0 atom stereocenters. The molecule has 3 N–H and O–H groups in total. The number of thiophene rings is 1. The van der Waals surface area contributed by atoms with Crippen LogP contribution in [0.15, 0.2) is 23.6 Å². The van der Waals surface area contributed by atoms with Crippen LogP contribution in [0.2, 0.25) is 0 Å². The Kier molecular flexibility index (Phi) is 2.31. The Morgan fingerprint density at radius 2 is 2.23 bits per heavy atom. The highest BCUT2D eigenvalue weighted by atomic mass is 32.1. The zero-order valence-corrected chi connectivity index (χ0v) is 7.97. The van der Waals surface area contributed by atoms with Gasteiger partial charge in [-0.2, -0.15) is 0 Å². The van der Waals surface area contributed by atoms with E-state index in [0.717, 1.165) is 16.5 Å². The van der Waals surface area contributed by atoms with Crippen molar-refractivity contribution < 1.29 is 5.11 Å². The first-order valence-corrected chi connectivity index (χ1v) is 5.03. The van der Waals surface area contributed by atoms with E-state index in [2.05, 4.69) is 6.07 Å². The third-order valence-electron chi connectivity index (χ3n) is 2.13. The zero-order chi connectivity index (χ0) is 9.26. The molecule has 0 fully saturated rings. The van der Waals surface area contributed by atoms with Gasteiger partial charge in [-0.25, -0.2) is 0 Å². The minimum atomic E-state index is 0.113. The van der Waals surface area contributed by atoms with Crippen molar-refractivity contribution in [2.75, 3.05) is 0 Å². The summed E-state index contributed by atoms with van der Waals surface area (Å²) in [6, 6.07) is 6.12. The molecule has 1 aromatic carbocycles. The van der Waals surface area contributed by atoms with Gasteiger partial charge in [0.15, 0.2) is 0 Å². The molecular formula is C10H11NOS. The maximum Gasteiger partial charge on any atom is 0.0696 e. The predicted molar refractivity (Wildman–Crippen MR) is 55.6 cm³/mol. The van der Waals surface area contributed by atoms with Gasteiger partial charge in [0.25, 0.3) is 0 Å². The van der Waals surface area contributed by atoms with Crippen LogP contribution in [0.3, 0.4) is 0 Å². The van der Waals surface area contributed by atoms with Crippen molar-refractivity contribution in [1.82, 2.24) is 0 Å².